The summed E-state index contributed by atoms with van der Waals surface area (Å²) in [5.41, 5.74) is 8.42. The van der Waals surface area contributed by atoms with Crippen LogP contribution in [0.5, 0.6) is 0 Å². The lowest BCUT2D eigenvalue weighted by Gasteiger charge is -2.22. The SMILES string of the molecule is Cc1cc(C)n(-c2ccc(CNC(=O)C3(N)CCCC3)cn2)n1. The molecular weight excluding hydrogens is 290 g/mol. The number of aromatic nitrogens is 3. The second kappa shape index (κ2) is 6.12. The Hall–Kier alpha value is -2.21. The molecule has 0 saturated heterocycles. The molecular formula is C17H23N5O. The molecule has 6 nitrogen and oxygen atoms in total. The Kier molecular flexibility index (Phi) is 4.17. The monoisotopic (exact) mass is 313 g/mol. The van der Waals surface area contributed by atoms with Crippen molar-refractivity contribution in [3.63, 3.8) is 0 Å². The molecule has 1 fully saturated rings. The Labute approximate surface area is 136 Å². The molecule has 122 valence electrons. The van der Waals surface area contributed by atoms with E-state index in [1.807, 2.05) is 36.7 Å². The third kappa shape index (κ3) is 3.27. The number of nitrogens with one attached hydrogen (secondary N) is 1. The van der Waals surface area contributed by atoms with Gasteiger partial charge in [-0.1, -0.05) is 18.9 Å². The first kappa shape index (κ1) is 15.7. The maximum Gasteiger partial charge on any atom is 0.240 e. The summed E-state index contributed by atoms with van der Waals surface area (Å²) in [6.07, 6.45) is 5.37. The lowest BCUT2D eigenvalue weighted by Crippen LogP contribution is -2.51. The number of amides is 1. The van der Waals surface area contributed by atoms with E-state index in [-0.39, 0.29) is 5.91 Å². The highest BCUT2D eigenvalue weighted by atomic mass is 16.2. The zero-order chi connectivity index (χ0) is 16.4. The van der Waals surface area contributed by atoms with Crippen LogP contribution in [0, 0.1) is 13.8 Å². The molecule has 0 atom stereocenters. The van der Waals surface area contributed by atoms with Crippen molar-refractivity contribution in [1.82, 2.24) is 20.1 Å². The van der Waals surface area contributed by atoms with Gasteiger partial charge in [-0.25, -0.2) is 9.67 Å². The van der Waals surface area contributed by atoms with Crippen LogP contribution in [0.15, 0.2) is 24.4 Å². The molecule has 0 radical (unpaired) electrons. The molecule has 6 heteroatoms. The second-order valence-electron chi connectivity index (χ2n) is 6.41. The predicted octanol–water partition coefficient (Wildman–Crippen LogP) is 1.77. The molecule has 0 aliphatic heterocycles. The highest BCUT2D eigenvalue weighted by Crippen LogP contribution is 2.27. The zero-order valence-corrected chi connectivity index (χ0v) is 13.7. The zero-order valence-electron chi connectivity index (χ0n) is 13.7. The molecule has 2 aromatic rings. The molecule has 1 aliphatic carbocycles. The van der Waals surface area contributed by atoms with Gasteiger partial charge in [0.2, 0.25) is 5.91 Å². The average Bonchev–Trinajstić information content (AvgIpc) is 3.12. The van der Waals surface area contributed by atoms with E-state index in [1.54, 1.807) is 6.20 Å². The summed E-state index contributed by atoms with van der Waals surface area (Å²) in [6, 6.07) is 5.88. The normalized spacial score (nSPS) is 16.5. The largest absolute Gasteiger partial charge is 0.350 e. The van der Waals surface area contributed by atoms with Crippen LogP contribution in [0.25, 0.3) is 5.82 Å². The molecule has 1 amide bonds. The molecule has 0 unspecified atom stereocenters. The third-order valence-corrected chi connectivity index (χ3v) is 4.44. The van der Waals surface area contributed by atoms with E-state index in [0.717, 1.165) is 48.5 Å². The number of rotatable bonds is 4. The van der Waals surface area contributed by atoms with Gasteiger partial charge in [0.15, 0.2) is 5.82 Å². The van der Waals surface area contributed by atoms with E-state index in [9.17, 15) is 4.79 Å². The smallest absolute Gasteiger partial charge is 0.240 e. The Morgan fingerprint density at radius 3 is 2.65 bits per heavy atom. The van der Waals surface area contributed by atoms with Crippen molar-refractivity contribution in [3.05, 3.63) is 41.3 Å². The van der Waals surface area contributed by atoms with Gasteiger partial charge in [0, 0.05) is 18.4 Å². The Bertz CT molecular complexity index is 698. The third-order valence-electron chi connectivity index (χ3n) is 4.44. The van der Waals surface area contributed by atoms with Gasteiger partial charge >= 0.3 is 0 Å². The van der Waals surface area contributed by atoms with Crippen molar-refractivity contribution in [1.29, 1.82) is 0 Å². The number of carbonyl (C=O) groups excluding carboxylic acids is 1. The maximum absolute atomic E-state index is 12.2. The van der Waals surface area contributed by atoms with Crippen LogP contribution < -0.4 is 11.1 Å². The summed E-state index contributed by atoms with van der Waals surface area (Å²) >= 11 is 0. The lowest BCUT2D eigenvalue weighted by atomic mass is 9.98. The molecule has 0 aromatic carbocycles. The van der Waals surface area contributed by atoms with Crippen molar-refractivity contribution >= 4 is 5.91 Å². The van der Waals surface area contributed by atoms with E-state index in [4.69, 9.17) is 5.73 Å². The van der Waals surface area contributed by atoms with Gasteiger partial charge in [0.25, 0.3) is 0 Å². The maximum atomic E-state index is 12.2. The molecule has 0 spiro atoms. The first-order valence-corrected chi connectivity index (χ1v) is 8.04. The van der Waals surface area contributed by atoms with E-state index in [2.05, 4.69) is 15.4 Å². The molecule has 2 aromatic heterocycles. The molecule has 1 aliphatic rings. The molecule has 3 N–H and O–H groups in total. The van der Waals surface area contributed by atoms with Crippen molar-refractivity contribution in [2.75, 3.05) is 0 Å². The fraction of sp³-hybridized carbons (Fsp3) is 0.471. The first-order chi connectivity index (χ1) is 11.0. The number of carbonyl (C=O) groups is 1. The van der Waals surface area contributed by atoms with Gasteiger partial charge in [-0.05, 0) is 44.4 Å². The van der Waals surface area contributed by atoms with Crippen LogP contribution in [0.4, 0.5) is 0 Å². The predicted molar refractivity (Wildman–Crippen MR) is 88.1 cm³/mol. The van der Waals surface area contributed by atoms with Gasteiger partial charge in [-0.3, -0.25) is 4.79 Å². The summed E-state index contributed by atoms with van der Waals surface area (Å²) < 4.78 is 1.81. The van der Waals surface area contributed by atoms with Gasteiger partial charge in [-0.2, -0.15) is 5.10 Å². The van der Waals surface area contributed by atoms with E-state index < -0.39 is 5.54 Å². The summed E-state index contributed by atoms with van der Waals surface area (Å²) in [5, 5.41) is 7.34. The fourth-order valence-electron chi connectivity index (χ4n) is 3.10. The Morgan fingerprint density at radius 1 is 1.35 bits per heavy atom. The Morgan fingerprint density at radius 2 is 2.09 bits per heavy atom. The molecule has 3 rings (SSSR count). The summed E-state index contributed by atoms with van der Waals surface area (Å²) in [4.78, 5) is 16.6. The summed E-state index contributed by atoms with van der Waals surface area (Å²) in [7, 11) is 0. The van der Waals surface area contributed by atoms with Crippen molar-refractivity contribution in [2.24, 2.45) is 5.73 Å². The van der Waals surface area contributed by atoms with Crippen LogP contribution in [0.2, 0.25) is 0 Å². The van der Waals surface area contributed by atoms with Crippen molar-refractivity contribution < 1.29 is 4.79 Å². The van der Waals surface area contributed by atoms with Crippen LogP contribution in [-0.2, 0) is 11.3 Å². The minimum absolute atomic E-state index is 0.0578. The Balaban J connectivity index is 1.64. The van der Waals surface area contributed by atoms with E-state index in [1.165, 1.54) is 0 Å². The van der Waals surface area contributed by atoms with Crippen molar-refractivity contribution in [2.45, 2.75) is 51.6 Å². The number of pyridine rings is 1. The number of nitrogens with two attached hydrogens (primary N) is 1. The topological polar surface area (TPSA) is 85.8 Å². The standard InChI is InChI=1S/C17H23N5O/c1-12-9-13(2)22(21-12)15-6-5-14(10-19-15)11-20-16(23)17(18)7-3-4-8-17/h5-6,9-10H,3-4,7-8,11,18H2,1-2H3,(H,20,23). The molecule has 2 heterocycles. The average molecular weight is 313 g/mol. The highest BCUT2D eigenvalue weighted by Gasteiger charge is 2.36. The van der Waals surface area contributed by atoms with Crippen LogP contribution in [0.3, 0.4) is 0 Å². The number of hydrogen-bond donors (Lipinski definition) is 2. The summed E-state index contributed by atoms with van der Waals surface area (Å²) in [5.74, 6) is 0.717. The van der Waals surface area contributed by atoms with Crippen LogP contribution in [0.1, 0.15) is 42.6 Å². The minimum atomic E-state index is -0.683. The molecule has 23 heavy (non-hydrogen) atoms. The molecule has 0 bridgehead atoms. The van der Waals surface area contributed by atoms with Gasteiger partial charge in [0.05, 0.1) is 11.2 Å². The quantitative estimate of drug-likeness (QED) is 0.901. The first-order valence-electron chi connectivity index (χ1n) is 8.04. The second-order valence-corrected chi connectivity index (χ2v) is 6.41. The van der Waals surface area contributed by atoms with Gasteiger partial charge < -0.3 is 11.1 Å². The fourth-order valence-corrected chi connectivity index (χ4v) is 3.10. The van der Waals surface area contributed by atoms with Gasteiger partial charge in [-0.15, -0.1) is 0 Å². The molecule has 1 saturated carbocycles. The minimum Gasteiger partial charge on any atom is -0.350 e. The van der Waals surface area contributed by atoms with Crippen LogP contribution in [-0.4, -0.2) is 26.2 Å². The highest BCUT2D eigenvalue weighted by molar-refractivity contribution is 5.86. The van der Waals surface area contributed by atoms with E-state index in [0.29, 0.717) is 6.54 Å². The number of aryl methyl sites for hydroxylation is 2. The van der Waals surface area contributed by atoms with E-state index >= 15 is 0 Å². The lowest BCUT2D eigenvalue weighted by molar-refractivity contribution is -0.126. The van der Waals surface area contributed by atoms with Crippen LogP contribution >= 0.6 is 0 Å². The summed E-state index contributed by atoms with van der Waals surface area (Å²) in [6.45, 7) is 4.40. The van der Waals surface area contributed by atoms with Gasteiger partial charge in [0.1, 0.15) is 0 Å². The number of nitrogens with zero attached hydrogens (tertiary/aromatic N) is 3. The van der Waals surface area contributed by atoms with Crippen molar-refractivity contribution in [3.8, 4) is 5.82 Å². The number of hydrogen-bond acceptors (Lipinski definition) is 4.